The third-order valence-electron chi connectivity index (χ3n) is 6.03. The summed E-state index contributed by atoms with van der Waals surface area (Å²) in [6.07, 6.45) is 5.76. The van der Waals surface area contributed by atoms with Crippen LogP contribution in [-0.4, -0.2) is 69.9 Å². The van der Waals surface area contributed by atoms with Crippen LogP contribution in [0.15, 0.2) is 71.2 Å². The Morgan fingerprint density at radius 2 is 1.83 bits per heavy atom. The molecule has 0 spiro atoms. The van der Waals surface area contributed by atoms with Crippen molar-refractivity contribution in [3.05, 3.63) is 72.3 Å². The highest BCUT2D eigenvalue weighted by molar-refractivity contribution is 6.01. The van der Waals surface area contributed by atoms with Gasteiger partial charge in [0, 0.05) is 24.1 Å². The summed E-state index contributed by atoms with van der Waals surface area (Å²) in [5.74, 6) is 0.406. The molecule has 0 radical (unpaired) electrons. The fraction of sp³-hybridized carbons (Fsp3) is 0.357. The molecule has 1 aromatic heterocycles. The van der Waals surface area contributed by atoms with Crippen LogP contribution in [0.4, 0.5) is 5.88 Å². The van der Waals surface area contributed by atoms with Crippen molar-refractivity contribution in [1.29, 1.82) is 0 Å². The number of hydrogen-bond acceptors (Lipinski definition) is 7. The Bertz CT molecular complexity index is 1130. The van der Waals surface area contributed by atoms with Gasteiger partial charge in [0.1, 0.15) is 17.9 Å². The van der Waals surface area contributed by atoms with Crippen LogP contribution in [0.25, 0.3) is 11.0 Å². The molecule has 190 valence electrons. The van der Waals surface area contributed by atoms with Crippen molar-refractivity contribution >= 4 is 28.7 Å². The molecule has 0 N–H and O–H groups in total. The van der Waals surface area contributed by atoms with Crippen LogP contribution in [-0.2, 0) is 14.3 Å². The number of methoxy groups -OCH3 is 1. The Morgan fingerprint density at radius 3 is 2.58 bits per heavy atom. The molecule has 0 saturated carbocycles. The van der Waals surface area contributed by atoms with Gasteiger partial charge in [0.2, 0.25) is 5.88 Å². The number of nitrogens with zero attached hydrogens (tertiary/aromatic N) is 2. The van der Waals surface area contributed by atoms with Crippen molar-refractivity contribution in [3.63, 3.8) is 0 Å². The summed E-state index contributed by atoms with van der Waals surface area (Å²) < 4.78 is 22.1. The van der Waals surface area contributed by atoms with Crippen LogP contribution >= 0.6 is 0 Å². The van der Waals surface area contributed by atoms with Crippen molar-refractivity contribution in [1.82, 2.24) is 4.90 Å². The van der Waals surface area contributed by atoms with Crippen molar-refractivity contribution in [2.75, 3.05) is 58.0 Å². The van der Waals surface area contributed by atoms with E-state index in [4.69, 9.17) is 18.6 Å². The largest absolute Gasteiger partial charge is 0.492 e. The molecule has 8 nitrogen and oxygen atoms in total. The minimum Gasteiger partial charge on any atom is -0.492 e. The van der Waals surface area contributed by atoms with Crippen LogP contribution in [0.2, 0.25) is 0 Å². The van der Waals surface area contributed by atoms with Crippen molar-refractivity contribution in [2.24, 2.45) is 0 Å². The Kier molecular flexibility index (Phi) is 9.13. The summed E-state index contributed by atoms with van der Waals surface area (Å²) >= 11 is 0. The fourth-order valence-corrected chi connectivity index (χ4v) is 4.08. The first-order valence-electron chi connectivity index (χ1n) is 12.2. The predicted molar refractivity (Wildman–Crippen MR) is 137 cm³/mol. The molecule has 1 saturated heterocycles. The van der Waals surface area contributed by atoms with Gasteiger partial charge in [0.25, 0.3) is 5.91 Å². The third kappa shape index (κ3) is 6.96. The zero-order chi connectivity index (χ0) is 25.2. The summed E-state index contributed by atoms with van der Waals surface area (Å²) in [4.78, 5) is 28.6. The zero-order valence-corrected chi connectivity index (χ0v) is 20.6. The first-order chi connectivity index (χ1) is 17.6. The van der Waals surface area contributed by atoms with Crippen LogP contribution < -0.4 is 9.64 Å². The van der Waals surface area contributed by atoms with Gasteiger partial charge in [-0.05, 0) is 56.3 Å². The van der Waals surface area contributed by atoms with Gasteiger partial charge < -0.3 is 23.5 Å². The molecule has 8 heteroatoms. The minimum atomic E-state index is -0.407. The lowest BCUT2D eigenvalue weighted by Crippen LogP contribution is -2.33. The van der Waals surface area contributed by atoms with Crippen LogP contribution in [0, 0.1) is 0 Å². The van der Waals surface area contributed by atoms with E-state index in [2.05, 4.69) is 4.90 Å². The number of hydrogen-bond donors (Lipinski definition) is 0. The van der Waals surface area contributed by atoms with Gasteiger partial charge in [0.05, 0.1) is 32.4 Å². The van der Waals surface area contributed by atoms with Crippen LogP contribution in [0.5, 0.6) is 5.75 Å². The number of carbonyl (C=O) groups excluding carboxylic acids is 2. The molecule has 4 rings (SSSR count). The molecule has 2 aromatic carbocycles. The maximum atomic E-state index is 13.1. The molecular weight excluding hydrogens is 460 g/mol. The molecule has 0 unspecified atom stereocenters. The molecule has 1 fully saturated rings. The zero-order valence-electron chi connectivity index (χ0n) is 20.6. The molecule has 0 aliphatic carbocycles. The number of ether oxygens (including phenoxy) is 3. The lowest BCUT2D eigenvalue weighted by Gasteiger charge is -2.18. The van der Waals surface area contributed by atoms with E-state index < -0.39 is 5.97 Å². The Balaban J connectivity index is 1.34. The highest BCUT2D eigenvalue weighted by Gasteiger charge is 2.18. The van der Waals surface area contributed by atoms with Gasteiger partial charge in [-0.25, -0.2) is 4.79 Å². The van der Waals surface area contributed by atoms with E-state index in [1.165, 1.54) is 26.0 Å². The second kappa shape index (κ2) is 12.9. The molecule has 2 heterocycles. The van der Waals surface area contributed by atoms with E-state index in [0.717, 1.165) is 25.0 Å². The molecule has 3 aromatic rings. The van der Waals surface area contributed by atoms with E-state index in [1.807, 2.05) is 30.3 Å². The number of carbonyl (C=O) groups is 2. The van der Waals surface area contributed by atoms with E-state index in [9.17, 15) is 9.59 Å². The normalized spacial score (nSPS) is 13.9. The molecule has 0 bridgehead atoms. The monoisotopic (exact) mass is 492 g/mol. The van der Waals surface area contributed by atoms with Gasteiger partial charge in [-0.3, -0.25) is 9.69 Å². The van der Waals surface area contributed by atoms with Crippen LogP contribution in [0.1, 0.15) is 23.2 Å². The molecule has 1 aliphatic rings. The second-order valence-corrected chi connectivity index (χ2v) is 8.50. The Hall–Kier alpha value is -3.62. The van der Waals surface area contributed by atoms with Gasteiger partial charge in [-0.15, -0.1) is 0 Å². The first kappa shape index (κ1) is 25.5. The molecule has 1 aliphatic heterocycles. The number of para-hydroxylation sites is 1. The average molecular weight is 493 g/mol. The minimum absolute atomic E-state index is 0.221. The smallest absolute Gasteiger partial charge is 0.337 e. The highest BCUT2D eigenvalue weighted by atomic mass is 16.5. The summed E-state index contributed by atoms with van der Waals surface area (Å²) in [6, 6.07) is 16.1. The van der Waals surface area contributed by atoms with Gasteiger partial charge in [-0.1, -0.05) is 24.3 Å². The van der Waals surface area contributed by atoms with Gasteiger partial charge >= 0.3 is 5.97 Å². The predicted octanol–water partition coefficient (Wildman–Crippen LogP) is 4.30. The summed E-state index contributed by atoms with van der Waals surface area (Å²) in [7, 11) is 1.34. The Morgan fingerprint density at radius 1 is 1.06 bits per heavy atom. The second-order valence-electron chi connectivity index (χ2n) is 8.50. The molecule has 36 heavy (non-hydrogen) atoms. The molecular formula is C28H32N2O6. The highest BCUT2D eigenvalue weighted by Crippen LogP contribution is 2.26. The van der Waals surface area contributed by atoms with E-state index >= 15 is 0 Å². The average Bonchev–Trinajstić information content (AvgIpc) is 3.58. The quantitative estimate of drug-likeness (QED) is 0.212. The third-order valence-corrected chi connectivity index (χ3v) is 6.03. The number of esters is 1. The summed E-state index contributed by atoms with van der Waals surface area (Å²) in [5.41, 5.74) is 1.15. The number of benzene rings is 2. The summed E-state index contributed by atoms with van der Waals surface area (Å²) in [6.45, 7) is 4.73. The fourth-order valence-electron chi connectivity index (χ4n) is 4.08. The maximum absolute atomic E-state index is 13.1. The first-order valence-corrected chi connectivity index (χ1v) is 12.2. The Labute approximate surface area is 211 Å². The van der Waals surface area contributed by atoms with Crippen molar-refractivity contribution in [3.8, 4) is 5.75 Å². The van der Waals surface area contributed by atoms with E-state index in [1.54, 1.807) is 35.2 Å². The standard InChI is InChI=1S/C28H32N2O6/c1-33-28(32)22-10-12-24(13-11-22)35-20-17-30(27-21-23-7-2-3-8-25(23)36-27)26(31)9-6-18-34-19-16-29-14-4-5-15-29/h2-3,6-13,21H,4-5,14-20H2,1H3. The molecule has 1 amide bonds. The number of rotatable bonds is 12. The SMILES string of the molecule is COC(=O)c1ccc(OCCN(C(=O)C=CCOCCN2CCCC2)c2cc3ccccc3o2)cc1. The maximum Gasteiger partial charge on any atom is 0.337 e. The van der Waals surface area contributed by atoms with Crippen LogP contribution in [0.3, 0.4) is 0 Å². The topological polar surface area (TPSA) is 81.5 Å². The lowest BCUT2D eigenvalue weighted by molar-refractivity contribution is -0.114. The number of anilines is 1. The number of fused-ring (bicyclic) bond motifs is 1. The molecule has 0 atom stereocenters. The van der Waals surface area contributed by atoms with E-state index in [0.29, 0.717) is 36.0 Å². The van der Waals surface area contributed by atoms with Crippen molar-refractivity contribution in [2.45, 2.75) is 12.8 Å². The number of amides is 1. The van der Waals surface area contributed by atoms with Gasteiger partial charge in [-0.2, -0.15) is 0 Å². The number of likely N-dealkylation sites (tertiary alicyclic amines) is 1. The van der Waals surface area contributed by atoms with E-state index in [-0.39, 0.29) is 19.1 Å². The van der Waals surface area contributed by atoms with Gasteiger partial charge in [0.15, 0.2) is 0 Å². The summed E-state index contributed by atoms with van der Waals surface area (Å²) in [5, 5.41) is 0.916. The van der Waals surface area contributed by atoms with Crippen molar-refractivity contribution < 1.29 is 28.2 Å². The number of furan rings is 1. The lowest BCUT2D eigenvalue weighted by atomic mass is 10.2.